The van der Waals surface area contributed by atoms with Crippen LogP contribution in [-0.2, 0) is 11.2 Å². The van der Waals surface area contributed by atoms with Crippen molar-refractivity contribution in [2.75, 3.05) is 18.0 Å². The predicted molar refractivity (Wildman–Crippen MR) is 118 cm³/mol. The maximum Gasteiger partial charge on any atom is 0.410 e. The SMILES string of the molecule is CC1Cc2ccccc2N1C(=O)c1csc(C2CCN(C(=O)OC(C)(C)C)CC2)n1. The fourth-order valence-electron chi connectivity index (χ4n) is 4.21. The molecule has 2 aliphatic rings. The number of likely N-dealkylation sites (tertiary alicyclic amines) is 1. The fourth-order valence-corrected chi connectivity index (χ4v) is 5.17. The highest BCUT2D eigenvalue weighted by molar-refractivity contribution is 7.10. The molecule has 3 heterocycles. The average molecular weight is 428 g/mol. The van der Waals surface area contributed by atoms with Crippen LogP contribution < -0.4 is 4.90 Å². The number of carbonyl (C=O) groups excluding carboxylic acids is 2. The number of thiazole rings is 1. The normalized spacial score (nSPS) is 19.7. The number of fused-ring (bicyclic) bond motifs is 1. The van der Waals surface area contributed by atoms with Crippen LogP contribution in [0.3, 0.4) is 0 Å². The van der Waals surface area contributed by atoms with Crippen molar-refractivity contribution in [1.29, 1.82) is 0 Å². The molecule has 0 bridgehead atoms. The molecule has 0 spiro atoms. The van der Waals surface area contributed by atoms with Gasteiger partial charge in [0.05, 0.1) is 5.01 Å². The second kappa shape index (κ2) is 8.02. The van der Waals surface area contributed by atoms with Gasteiger partial charge in [-0.15, -0.1) is 11.3 Å². The molecule has 1 aromatic heterocycles. The molecule has 6 nitrogen and oxygen atoms in total. The second-order valence-electron chi connectivity index (χ2n) is 9.17. The summed E-state index contributed by atoms with van der Waals surface area (Å²) in [5.41, 5.74) is 2.25. The van der Waals surface area contributed by atoms with E-state index in [9.17, 15) is 9.59 Å². The molecular weight excluding hydrogens is 398 g/mol. The van der Waals surface area contributed by atoms with Gasteiger partial charge in [0, 0.05) is 36.1 Å². The number of benzene rings is 1. The van der Waals surface area contributed by atoms with Gasteiger partial charge in [0.2, 0.25) is 0 Å². The first kappa shape index (κ1) is 20.8. The van der Waals surface area contributed by atoms with Crippen LogP contribution in [0.5, 0.6) is 0 Å². The highest BCUT2D eigenvalue weighted by Crippen LogP contribution is 2.35. The molecule has 0 radical (unpaired) electrons. The van der Waals surface area contributed by atoms with Gasteiger partial charge in [-0.3, -0.25) is 4.79 Å². The van der Waals surface area contributed by atoms with Crippen LogP contribution in [0.15, 0.2) is 29.6 Å². The molecule has 0 saturated carbocycles. The van der Waals surface area contributed by atoms with Gasteiger partial charge in [-0.2, -0.15) is 0 Å². The number of anilines is 1. The number of rotatable bonds is 2. The van der Waals surface area contributed by atoms with Gasteiger partial charge in [0.15, 0.2) is 0 Å². The third kappa shape index (κ3) is 4.21. The molecule has 30 heavy (non-hydrogen) atoms. The van der Waals surface area contributed by atoms with E-state index < -0.39 is 5.60 Å². The summed E-state index contributed by atoms with van der Waals surface area (Å²) in [6, 6.07) is 8.23. The molecular formula is C23H29N3O3S. The third-order valence-corrected chi connectivity index (χ3v) is 6.67. The van der Waals surface area contributed by atoms with Crippen molar-refractivity contribution in [2.45, 2.75) is 64.5 Å². The minimum atomic E-state index is -0.482. The fraction of sp³-hybridized carbons (Fsp3) is 0.522. The summed E-state index contributed by atoms with van der Waals surface area (Å²) < 4.78 is 5.47. The highest BCUT2D eigenvalue weighted by atomic mass is 32.1. The first-order valence-corrected chi connectivity index (χ1v) is 11.5. The van der Waals surface area contributed by atoms with E-state index >= 15 is 0 Å². The van der Waals surface area contributed by atoms with Crippen molar-refractivity contribution in [2.24, 2.45) is 0 Å². The van der Waals surface area contributed by atoms with Crippen LogP contribution in [0.25, 0.3) is 0 Å². The summed E-state index contributed by atoms with van der Waals surface area (Å²) in [5.74, 6) is 0.250. The molecule has 2 aliphatic heterocycles. The number of piperidine rings is 1. The molecule has 7 heteroatoms. The Kier molecular flexibility index (Phi) is 5.57. The lowest BCUT2D eigenvalue weighted by Gasteiger charge is -2.32. The van der Waals surface area contributed by atoms with Gasteiger partial charge in [0.25, 0.3) is 5.91 Å². The molecule has 2 amide bonds. The van der Waals surface area contributed by atoms with Gasteiger partial charge < -0.3 is 14.5 Å². The Morgan fingerprint density at radius 1 is 1.17 bits per heavy atom. The smallest absolute Gasteiger partial charge is 0.410 e. The summed E-state index contributed by atoms with van der Waals surface area (Å²) in [6.07, 6.45) is 2.30. The number of aromatic nitrogens is 1. The Bertz CT molecular complexity index is 941. The van der Waals surface area contributed by atoms with E-state index in [0.717, 1.165) is 30.0 Å². The van der Waals surface area contributed by atoms with Crippen LogP contribution in [0.1, 0.15) is 67.5 Å². The highest BCUT2D eigenvalue weighted by Gasteiger charge is 2.33. The second-order valence-corrected chi connectivity index (χ2v) is 10.1. The topological polar surface area (TPSA) is 62.7 Å². The lowest BCUT2D eigenvalue weighted by Crippen LogP contribution is -2.41. The minimum Gasteiger partial charge on any atom is -0.444 e. The summed E-state index contributed by atoms with van der Waals surface area (Å²) in [5, 5.41) is 2.87. The molecule has 1 aromatic carbocycles. The molecule has 2 aromatic rings. The number of amides is 2. The molecule has 1 atom stereocenters. The van der Waals surface area contributed by atoms with Crippen LogP contribution >= 0.6 is 11.3 Å². The molecule has 1 unspecified atom stereocenters. The first-order valence-electron chi connectivity index (χ1n) is 10.6. The number of carbonyl (C=O) groups is 2. The van der Waals surface area contributed by atoms with Crippen LogP contribution in [0.4, 0.5) is 10.5 Å². The van der Waals surface area contributed by atoms with E-state index in [1.54, 1.807) is 16.2 Å². The van der Waals surface area contributed by atoms with Crippen molar-refractivity contribution in [3.63, 3.8) is 0 Å². The van der Waals surface area contributed by atoms with E-state index in [4.69, 9.17) is 9.72 Å². The maximum atomic E-state index is 13.2. The lowest BCUT2D eigenvalue weighted by atomic mass is 9.98. The van der Waals surface area contributed by atoms with E-state index in [1.807, 2.05) is 49.3 Å². The zero-order valence-corrected chi connectivity index (χ0v) is 18.9. The van der Waals surface area contributed by atoms with Crippen LogP contribution in [-0.4, -0.2) is 46.6 Å². The van der Waals surface area contributed by atoms with E-state index in [0.29, 0.717) is 18.8 Å². The van der Waals surface area contributed by atoms with E-state index in [-0.39, 0.29) is 24.0 Å². The Hall–Kier alpha value is -2.41. The predicted octanol–water partition coefficient (Wildman–Crippen LogP) is 4.85. The van der Waals surface area contributed by atoms with Gasteiger partial charge in [-0.1, -0.05) is 18.2 Å². The van der Waals surface area contributed by atoms with Crippen molar-refractivity contribution in [3.8, 4) is 0 Å². The largest absolute Gasteiger partial charge is 0.444 e. The van der Waals surface area contributed by atoms with Gasteiger partial charge in [-0.05, 0) is 58.6 Å². The van der Waals surface area contributed by atoms with Crippen molar-refractivity contribution in [3.05, 3.63) is 45.9 Å². The van der Waals surface area contributed by atoms with E-state index in [2.05, 4.69) is 13.0 Å². The van der Waals surface area contributed by atoms with Gasteiger partial charge in [0.1, 0.15) is 11.3 Å². The van der Waals surface area contributed by atoms with Gasteiger partial charge in [-0.25, -0.2) is 9.78 Å². The molecule has 0 N–H and O–H groups in total. The van der Waals surface area contributed by atoms with Crippen molar-refractivity contribution < 1.29 is 14.3 Å². The van der Waals surface area contributed by atoms with Crippen molar-refractivity contribution in [1.82, 2.24) is 9.88 Å². The maximum absolute atomic E-state index is 13.2. The van der Waals surface area contributed by atoms with Crippen LogP contribution in [0.2, 0.25) is 0 Å². The number of hydrogen-bond donors (Lipinski definition) is 0. The minimum absolute atomic E-state index is 0.0267. The molecule has 1 fully saturated rings. The number of nitrogens with zero attached hydrogens (tertiary/aromatic N) is 3. The third-order valence-electron chi connectivity index (χ3n) is 5.66. The standard InChI is InChI=1S/C23H29N3O3S/c1-15-13-17-7-5-6-8-19(17)26(15)21(27)18-14-30-20(24-18)16-9-11-25(12-10-16)22(28)29-23(2,3)4/h5-8,14-16H,9-13H2,1-4H3. The quantitative estimate of drug-likeness (QED) is 0.687. The molecule has 4 rings (SSSR count). The zero-order chi connectivity index (χ0) is 21.5. The number of hydrogen-bond acceptors (Lipinski definition) is 5. The Morgan fingerprint density at radius 3 is 2.57 bits per heavy atom. The monoisotopic (exact) mass is 427 g/mol. The first-order chi connectivity index (χ1) is 14.2. The van der Waals surface area contributed by atoms with E-state index in [1.165, 1.54) is 5.56 Å². The molecule has 0 aliphatic carbocycles. The summed E-state index contributed by atoms with van der Waals surface area (Å²) in [6.45, 7) is 9.03. The Morgan fingerprint density at radius 2 is 1.87 bits per heavy atom. The van der Waals surface area contributed by atoms with Crippen molar-refractivity contribution >= 4 is 29.0 Å². The lowest BCUT2D eigenvalue weighted by molar-refractivity contribution is 0.0205. The Labute approximate surface area is 181 Å². The Balaban J connectivity index is 1.41. The van der Waals surface area contributed by atoms with Crippen LogP contribution in [0, 0.1) is 0 Å². The number of ether oxygens (including phenoxy) is 1. The average Bonchev–Trinajstić information content (AvgIpc) is 3.30. The summed E-state index contributed by atoms with van der Waals surface area (Å²) >= 11 is 1.55. The molecule has 1 saturated heterocycles. The molecule has 160 valence electrons. The summed E-state index contributed by atoms with van der Waals surface area (Å²) in [7, 11) is 0. The summed E-state index contributed by atoms with van der Waals surface area (Å²) in [4.78, 5) is 33.8. The zero-order valence-electron chi connectivity index (χ0n) is 18.1. The van der Waals surface area contributed by atoms with Gasteiger partial charge >= 0.3 is 6.09 Å². The number of para-hydroxylation sites is 1.